The summed E-state index contributed by atoms with van der Waals surface area (Å²) in [7, 11) is 0. The van der Waals surface area contributed by atoms with Crippen molar-refractivity contribution in [3.05, 3.63) is 23.4 Å². The molecule has 0 bridgehead atoms. The highest BCUT2D eigenvalue weighted by Gasteiger charge is 2.32. The number of hydrogen-bond acceptors (Lipinski definition) is 4. The number of aryl methyl sites for hydroxylation is 1. The molecule has 0 radical (unpaired) electrons. The summed E-state index contributed by atoms with van der Waals surface area (Å²) in [6.07, 6.45) is 5.31. The van der Waals surface area contributed by atoms with Gasteiger partial charge >= 0.3 is 0 Å². The van der Waals surface area contributed by atoms with Gasteiger partial charge in [0.25, 0.3) is 0 Å². The van der Waals surface area contributed by atoms with Crippen LogP contribution in [0.1, 0.15) is 43.4 Å². The Morgan fingerprint density at radius 2 is 2.11 bits per heavy atom. The van der Waals surface area contributed by atoms with Crippen molar-refractivity contribution in [1.29, 1.82) is 5.26 Å². The van der Waals surface area contributed by atoms with Gasteiger partial charge in [0, 0.05) is 5.69 Å². The molecule has 1 heterocycles. The van der Waals surface area contributed by atoms with Crippen molar-refractivity contribution in [2.24, 2.45) is 0 Å². The molecule has 1 aliphatic rings. The molecule has 0 saturated heterocycles. The average Bonchev–Trinajstić information content (AvgIpc) is 2.40. The number of nitrogens with zero attached hydrogens (tertiary/aromatic N) is 2. The van der Waals surface area contributed by atoms with Crippen LogP contribution in [0.5, 0.6) is 0 Å². The first kappa shape index (κ1) is 12.8. The topological polar surface area (TPSA) is 68.9 Å². The number of anilines is 1. The van der Waals surface area contributed by atoms with Crippen molar-refractivity contribution < 1.29 is 5.11 Å². The van der Waals surface area contributed by atoms with Crippen molar-refractivity contribution in [1.82, 2.24) is 4.98 Å². The third kappa shape index (κ3) is 2.62. The number of rotatable bonds is 3. The Hall–Kier alpha value is -1.60. The normalized spacial score (nSPS) is 18.1. The molecule has 0 aromatic carbocycles. The van der Waals surface area contributed by atoms with Gasteiger partial charge in [-0.25, -0.2) is 4.98 Å². The lowest BCUT2D eigenvalue weighted by Gasteiger charge is -2.37. The largest absolute Gasteiger partial charge is 0.394 e. The van der Waals surface area contributed by atoms with Gasteiger partial charge in [-0.15, -0.1) is 0 Å². The number of aromatic nitrogens is 1. The zero-order valence-electron chi connectivity index (χ0n) is 10.7. The third-order valence-corrected chi connectivity index (χ3v) is 3.65. The highest BCUT2D eigenvalue weighted by atomic mass is 16.3. The Kier molecular flexibility index (Phi) is 3.83. The summed E-state index contributed by atoms with van der Waals surface area (Å²) < 4.78 is 0. The van der Waals surface area contributed by atoms with E-state index in [-0.39, 0.29) is 12.1 Å². The van der Waals surface area contributed by atoms with Crippen LogP contribution in [0.15, 0.2) is 12.1 Å². The summed E-state index contributed by atoms with van der Waals surface area (Å²) in [6, 6.07) is 5.75. The van der Waals surface area contributed by atoms with E-state index in [2.05, 4.69) is 16.4 Å². The maximum atomic E-state index is 9.66. The van der Waals surface area contributed by atoms with E-state index < -0.39 is 0 Å². The molecule has 1 aromatic rings. The molecule has 0 spiro atoms. The number of hydrogen-bond donors (Lipinski definition) is 2. The van der Waals surface area contributed by atoms with Crippen LogP contribution in [-0.2, 0) is 0 Å². The predicted molar refractivity (Wildman–Crippen MR) is 70.2 cm³/mol. The van der Waals surface area contributed by atoms with Crippen LogP contribution in [0.2, 0.25) is 0 Å². The van der Waals surface area contributed by atoms with Crippen LogP contribution < -0.4 is 5.32 Å². The number of aliphatic hydroxyl groups excluding tert-OH is 1. The summed E-state index contributed by atoms with van der Waals surface area (Å²) in [6.45, 7) is 1.99. The molecule has 0 aliphatic heterocycles. The molecule has 1 aromatic heterocycles. The molecule has 0 atom stereocenters. The van der Waals surface area contributed by atoms with E-state index in [4.69, 9.17) is 5.26 Å². The number of nitriles is 1. The molecule has 18 heavy (non-hydrogen) atoms. The summed E-state index contributed by atoms with van der Waals surface area (Å²) in [5.41, 5.74) is 1.12. The first-order valence-electron chi connectivity index (χ1n) is 6.46. The Labute approximate surface area is 108 Å². The van der Waals surface area contributed by atoms with Gasteiger partial charge in [0.1, 0.15) is 11.9 Å². The Balaban J connectivity index is 2.26. The van der Waals surface area contributed by atoms with E-state index >= 15 is 0 Å². The molecule has 1 saturated carbocycles. The SMILES string of the molecule is Cc1ccc(C#N)c(NC2(CO)CCCCC2)n1. The lowest BCUT2D eigenvalue weighted by molar-refractivity contribution is 0.172. The molecular formula is C14H19N3O. The second kappa shape index (κ2) is 5.36. The summed E-state index contributed by atoms with van der Waals surface area (Å²) in [5.74, 6) is 0.605. The molecule has 4 heteroatoms. The number of nitrogens with one attached hydrogen (secondary N) is 1. The van der Waals surface area contributed by atoms with Crippen molar-refractivity contribution in [2.75, 3.05) is 11.9 Å². The Morgan fingerprint density at radius 3 is 2.72 bits per heavy atom. The maximum Gasteiger partial charge on any atom is 0.144 e. The van der Waals surface area contributed by atoms with Crippen molar-refractivity contribution in [3.63, 3.8) is 0 Å². The number of pyridine rings is 1. The van der Waals surface area contributed by atoms with E-state index in [9.17, 15) is 5.11 Å². The number of aliphatic hydroxyl groups is 1. The Bertz CT molecular complexity index is 459. The quantitative estimate of drug-likeness (QED) is 0.857. The van der Waals surface area contributed by atoms with Crippen LogP contribution in [0, 0.1) is 18.3 Å². The van der Waals surface area contributed by atoms with Gasteiger partial charge in [-0.2, -0.15) is 5.26 Å². The molecule has 0 amide bonds. The fourth-order valence-corrected chi connectivity index (χ4v) is 2.54. The van der Waals surface area contributed by atoms with E-state index in [0.29, 0.717) is 11.4 Å². The minimum Gasteiger partial charge on any atom is -0.394 e. The maximum absolute atomic E-state index is 9.66. The second-order valence-corrected chi connectivity index (χ2v) is 5.08. The lowest BCUT2D eigenvalue weighted by Crippen LogP contribution is -2.44. The van der Waals surface area contributed by atoms with Crippen LogP contribution in [0.25, 0.3) is 0 Å². The fourth-order valence-electron chi connectivity index (χ4n) is 2.54. The monoisotopic (exact) mass is 245 g/mol. The van der Waals surface area contributed by atoms with Crippen molar-refractivity contribution in [2.45, 2.75) is 44.6 Å². The van der Waals surface area contributed by atoms with Crippen molar-refractivity contribution in [3.8, 4) is 6.07 Å². The molecule has 96 valence electrons. The molecular weight excluding hydrogens is 226 g/mol. The molecule has 2 rings (SSSR count). The standard InChI is InChI=1S/C14H19N3O/c1-11-5-6-12(9-15)13(16-11)17-14(10-18)7-3-2-4-8-14/h5-6,18H,2-4,7-8,10H2,1H3,(H,16,17). The Morgan fingerprint density at radius 1 is 1.39 bits per heavy atom. The molecule has 2 N–H and O–H groups in total. The molecule has 1 fully saturated rings. The first-order valence-corrected chi connectivity index (χ1v) is 6.46. The van der Waals surface area contributed by atoms with Crippen LogP contribution >= 0.6 is 0 Å². The summed E-state index contributed by atoms with van der Waals surface area (Å²) >= 11 is 0. The third-order valence-electron chi connectivity index (χ3n) is 3.65. The van der Waals surface area contributed by atoms with E-state index in [1.165, 1.54) is 6.42 Å². The van der Waals surface area contributed by atoms with Gasteiger partial charge in [-0.05, 0) is 31.9 Å². The average molecular weight is 245 g/mol. The summed E-state index contributed by atoms with van der Waals surface area (Å²) in [5, 5.41) is 22.1. The fraction of sp³-hybridized carbons (Fsp3) is 0.571. The molecule has 4 nitrogen and oxygen atoms in total. The summed E-state index contributed by atoms with van der Waals surface area (Å²) in [4.78, 5) is 4.39. The van der Waals surface area contributed by atoms with E-state index in [1.54, 1.807) is 6.07 Å². The van der Waals surface area contributed by atoms with Gasteiger partial charge in [0.2, 0.25) is 0 Å². The van der Waals surface area contributed by atoms with Gasteiger partial charge in [-0.1, -0.05) is 19.3 Å². The smallest absolute Gasteiger partial charge is 0.144 e. The van der Waals surface area contributed by atoms with E-state index in [0.717, 1.165) is 31.4 Å². The first-order chi connectivity index (χ1) is 8.69. The zero-order chi connectivity index (χ0) is 13.0. The minimum atomic E-state index is -0.301. The van der Waals surface area contributed by atoms with Gasteiger partial charge in [0.15, 0.2) is 0 Å². The highest BCUT2D eigenvalue weighted by molar-refractivity contribution is 5.53. The predicted octanol–water partition coefficient (Wildman–Crippen LogP) is 2.37. The van der Waals surface area contributed by atoms with Gasteiger partial charge < -0.3 is 10.4 Å². The lowest BCUT2D eigenvalue weighted by atomic mass is 9.82. The van der Waals surface area contributed by atoms with Gasteiger partial charge in [-0.3, -0.25) is 0 Å². The highest BCUT2D eigenvalue weighted by Crippen LogP contribution is 2.31. The molecule has 0 unspecified atom stereocenters. The van der Waals surface area contributed by atoms with E-state index in [1.807, 2.05) is 13.0 Å². The molecule has 1 aliphatic carbocycles. The van der Waals surface area contributed by atoms with Crippen LogP contribution in [-0.4, -0.2) is 22.2 Å². The zero-order valence-corrected chi connectivity index (χ0v) is 10.7. The van der Waals surface area contributed by atoms with Gasteiger partial charge in [0.05, 0.1) is 17.7 Å². The second-order valence-electron chi connectivity index (χ2n) is 5.08. The van der Waals surface area contributed by atoms with Crippen LogP contribution in [0.3, 0.4) is 0 Å². The van der Waals surface area contributed by atoms with Crippen molar-refractivity contribution >= 4 is 5.82 Å². The minimum absolute atomic E-state index is 0.0908. The van der Waals surface area contributed by atoms with Crippen LogP contribution in [0.4, 0.5) is 5.82 Å².